The fourth-order valence-corrected chi connectivity index (χ4v) is 4.21. The number of hydrogen-bond donors (Lipinski definition) is 1. The van der Waals surface area contributed by atoms with Crippen molar-refractivity contribution in [3.63, 3.8) is 0 Å². The SMILES string of the molecule is Cc1ccc(C(=O)N(Cc2cc(=O)[nH]c3ccccc23)C2CCCCC2)cc1. The van der Waals surface area contributed by atoms with Gasteiger partial charge in [0.25, 0.3) is 5.91 Å². The van der Waals surface area contributed by atoms with Gasteiger partial charge in [0.05, 0.1) is 0 Å². The summed E-state index contributed by atoms with van der Waals surface area (Å²) in [6, 6.07) is 17.4. The molecule has 0 radical (unpaired) electrons. The van der Waals surface area contributed by atoms with Crippen LogP contribution < -0.4 is 5.56 Å². The van der Waals surface area contributed by atoms with Crippen molar-refractivity contribution in [2.24, 2.45) is 0 Å². The summed E-state index contributed by atoms with van der Waals surface area (Å²) >= 11 is 0. The van der Waals surface area contributed by atoms with Gasteiger partial charge in [-0.1, -0.05) is 55.2 Å². The fraction of sp³-hybridized carbons (Fsp3) is 0.333. The number of carbonyl (C=O) groups is 1. The van der Waals surface area contributed by atoms with Crippen LogP contribution >= 0.6 is 0 Å². The van der Waals surface area contributed by atoms with Gasteiger partial charge in [-0.05, 0) is 43.5 Å². The molecule has 1 saturated carbocycles. The predicted octanol–water partition coefficient (Wildman–Crippen LogP) is 4.81. The summed E-state index contributed by atoms with van der Waals surface area (Å²) in [5.41, 5.74) is 3.45. The average molecular weight is 374 g/mol. The highest BCUT2D eigenvalue weighted by atomic mass is 16.2. The lowest BCUT2D eigenvalue weighted by Crippen LogP contribution is -2.41. The highest BCUT2D eigenvalue weighted by Gasteiger charge is 2.27. The Hall–Kier alpha value is -2.88. The third kappa shape index (κ3) is 3.86. The first-order valence-corrected chi connectivity index (χ1v) is 10.1. The molecule has 2 aromatic carbocycles. The van der Waals surface area contributed by atoms with E-state index in [1.165, 1.54) is 6.42 Å². The van der Waals surface area contributed by atoms with Crippen LogP contribution in [0.15, 0.2) is 59.4 Å². The minimum Gasteiger partial charge on any atom is -0.331 e. The molecule has 0 unspecified atom stereocenters. The van der Waals surface area contributed by atoms with Crippen LogP contribution in [-0.2, 0) is 6.54 Å². The van der Waals surface area contributed by atoms with Gasteiger partial charge in [0.15, 0.2) is 0 Å². The standard InChI is InChI=1S/C24H26N2O2/c1-17-11-13-18(14-12-17)24(28)26(20-7-3-2-4-8-20)16-19-15-23(27)25-22-10-6-5-9-21(19)22/h5-6,9-15,20H,2-4,7-8,16H2,1H3,(H,25,27). The number of fused-ring (bicyclic) bond motifs is 1. The lowest BCUT2D eigenvalue weighted by molar-refractivity contribution is 0.0615. The van der Waals surface area contributed by atoms with E-state index in [0.29, 0.717) is 12.1 Å². The number of aromatic amines is 1. The zero-order valence-corrected chi connectivity index (χ0v) is 16.3. The molecule has 1 N–H and O–H groups in total. The van der Waals surface area contributed by atoms with E-state index in [2.05, 4.69) is 4.98 Å². The van der Waals surface area contributed by atoms with Crippen molar-refractivity contribution in [3.8, 4) is 0 Å². The molecule has 1 aliphatic rings. The van der Waals surface area contributed by atoms with E-state index in [-0.39, 0.29) is 17.5 Å². The highest BCUT2D eigenvalue weighted by Crippen LogP contribution is 2.27. The van der Waals surface area contributed by atoms with Crippen LogP contribution in [0.3, 0.4) is 0 Å². The van der Waals surface area contributed by atoms with Crippen LogP contribution in [0.2, 0.25) is 0 Å². The topological polar surface area (TPSA) is 53.2 Å². The zero-order valence-electron chi connectivity index (χ0n) is 16.3. The average Bonchev–Trinajstić information content (AvgIpc) is 2.72. The first kappa shape index (κ1) is 18.5. The number of nitrogens with zero attached hydrogens (tertiary/aromatic N) is 1. The molecule has 4 heteroatoms. The summed E-state index contributed by atoms with van der Waals surface area (Å²) < 4.78 is 0. The van der Waals surface area contributed by atoms with Crippen molar-refractivity contribution in [2.75, 3.05) is 0 Å². The summed E-state index contributed by atoms with van der Waals surface area (Å²) in [4.78, 5) is 30.5. The van der Waals surface area contributed by atoms with Crippen molar-refractivity contribution < 1.29 is 4.79 Å². The van der Waals surface area contributed by atoms with Crippen molar-refractivity contribution in [1.82, 2.24) is 9.88 Å². The lowest BCUT2D eigenvalue weighted by Gasteiger charge is -2.35. The minimum atomic E-state index is -0.125. The van der Waals surface area contributed by atoms with E-state index in [0.717, 1.165) is 47.7 Å². The molecule has 0 atom stereocenters. The third-order valence-corrected chi connectivity index (χ3v) is 5.75. The summed E-state index contributed by atoms with van der Waals surface area (Å²) in [5, 5.41) is 1.000. The van der Waals surface area contributed by atoms with Crippen LogP contribution in [0.5, 0.6) is 0 Å². The summed E-state index contributed by atoms with van der Waals surface area (Å²) in [5.74, 6) is 0.0521. The lowest BCUT2D eigenvalue weighted by atomic mass is 9.93. The van der Waals surface area contributed by atoms with Crippen LogP contribution in [0.1, 0.15) is 53.6 Å². The molecule has 0 spiro atoms. The number of para-hydroxylation sites is 1. The van der Waals surface area contributed by atoms with E-state index in [1.807, 2.05) is 60.4 Å². The number of nitrogens with one attached hydrogen (secondary N) is 1. The maximum absolute atomic E-state index is 13.4. The Balaban J connectivity index is 1.73. The first-order valence-electron chi connectivity index (χ1n) is 10.1. The molecule has 4 nitrogen and oxygen atoms in total. The largest absolute Gasteiger partial charge is 0.331 e. The molecule has 1 heterocycles. The molecule has 1 amide bonds. The van der Waals surface area contributed by atoms with Crippen molar-refractivity contribution in [1.29, 1.82) is 0 Å². The van der Waals surface area contributed by atoms with Gasteiger partial charge in [-0.3, -0.25) is 9.59 Å². The molecular weight excluding hydrogens is 348 g/mol. The van der Waals surface area contributed by atoms with E-state index in [9.17, 15) is 9.59 Å². The molecule has 144 valence electrons. The van der Waals surface area contributed by atoms with Crippen molar-refractivity contribution >= 4 is 16.8 Å². The Morgan fingerprint density at radius 3 is 2.50 bits per heavy atom. The van der Waals surface area contributed by atoms with Crippen LogP contribution in [-0.4, -0.2) is 21.8 Å². The second-order valence-corrected chi connectivity index (χ2v) is 7.80. The number of amides is 1. The second-order valence-electron chi connectivity index (χ2n) is 7.80. The molecule has 0 bridgehead atoms. The number of aromatic nitrogens is 1. The summed E-state index contributed by atoms with van der Waals surface area (Å²) in [6.45, 7) is 2.48. The highest BCUT2D eigenvalue weighted by molar-refractivity contribution is 5.94. The van der Waals surface area contributed by atoms with Gasteiger partial charge in [-0.2, -0.15) is 0 Å². The first-order chi connectivity index (χ1) is 13.6. The molecule has 3 aromatic rings. The van der Waals surface area contributed by atoms with Crippen molar-refractivity contribution in [3.05, 3.63) is 81.6 Å². The molecule has 1 aromatic heterocycles. The summed E-state index contributed by atoms with van der Waals surface area (Å²) in [7, 11) is 0. The number of H-pyrrole nitrogens is 1. The smallest absolute Gasteiger partial charge is 0.254 e. The molecule has 0 aliphatic heterocycles. The number of rotatable bonds is 4. The third-order valence-electron chi connectivity index (χ3n) is 5.75. The molecule has 4 rings (SSSR count). The number of carbonyl (C=O) groups excluding carboxylic acids is 1. The van der Waals surface area contributed by atoms with Gasteiger partial charge >= 0.3 is 0 Å². The monoisotopic (exact) mass is 374 g/mol. The van der Waals surface area contributed by atoms with E-state index < -0.39 is 0 Å². The fourth-order valence-electron chi connectivity index (χ4n) is 4.21. The Morgan fingerprint density at radius 1 is 1.04 bits per heavy atom. The number of hydrogen-bond acceptors (Lipinski definition) is 2. The van der Waals surface area contributed by atoms with Crippen LogP contribution in [0.25, 0.3) is 10.9 Å². The molecule has 1 aliphatic carbocycles. The van der Waals surface area contributed by atoms with Gasteiger partial charge in [0, 0.05) is 35.1 Å². The molecule has 0 saturated heterocycles. The number of aryl methyl sites for hydroxylation is 1. The van der Waals surface area contributed by atoms with Gasteiger partial charge in [0.2, 0.25) is 5.56 Å². The molecule has 28 heavy (non-hydrogen) atoms. The maximum Gasteiger partial charge on any atom is 0.254 e. The van der Waals surface area contributed by atoms with Crippen molar-refractivity contribution in [2.45, 2.75) is 51.6 Å². The zero-order chi connectivity index (χ0) is 19.5. The predicted molar refractivity (Wildman–Crippen MR) is 112 cm³/mol. The minimum absolute atomic E-state index is 0.0521. The number of pyridine rings is 1. The number of benzene rings is 2. The Bertz CT molecular complexity index is 1030. The Labute approximate surface area is 165 Å². The normalized spacial score (nSPS) is 14.9. The van der Waals surface area contributed by atoms with Gasteiger partial charge < -0.3 is 9.88 Å². The maximum atomic E-state index is 13.4. The van der Waals surface area contributed by atoms with Gasteiger partial charge in [-0.15, -0.1) is 0 Å². The van der Waals surface area contributed by atoms with E-state index >= 15 is 0 Å². The Morgan fingerprint density at radius 2 is 1.75 bits per heavy atom. The van der Waals surface area contributed by atoms with Gasteiger partial charge in [0.1, 0.15) is 0 Å². The van der Waals surface area contributed by atoms with Crippen LogP contribution in [0.4, 0.5) is 0 Å². The summed E-state index contributed by atoms with van der Waals surface area (Å²) in [6.07, 6.45) is 5.59. The van der Waals surface area contributed by atoms with E-state index in [1.54, 1.807) is 6.07 Å². The Kier molecular flexibility index (Phi) is 5.29. The van der Waals surface area contributed by atoms with Gasteiger partial charge in [-0.25, -0.2) is 0 Å². The quantitative estimate of drug-likeness (QED) is 0.712. The molecule has 1 fully saturated rings. The van der Waals surface area contributed by atoms with Crippen LogP contribution in [0, 0.1) is 6.92 Å². The molecular formula is C24H26N2O2. The second kappa shape index (κ2) is 8.01. The van der Waals surface area contributed by atoms with E-state index in [4.69, 9.17) is 0 Å².